The summed E-state index contributed by atoms with van der Waals surface area (Å²) in [7, 11) is 0. The van der Waals surface area contributed by atoms with Gasteiger partial charge in [-0.2, -0.15) is 0 Å². The summed E-state index contributed by atoms with van der Waals surface area (Å²) in [6.45, 7) is 3.64. The number of pyridine rings is 2. The van der Waals surface area contributed by atoms with E-state index in [0.29, 0.717) is 22.6 Å². The number of ketones is 4. The molecule has 1 unspecified atom stereocenters. The van der Waals surface area contributed by atoms with E-state index in [-0.39, 0.29) is 43.6 Å². The van der Waals surface area contributed by atoms with Crippen molar-refractivity contribution in [3.63, 3.8) is 0 Å². The number of halogens is 2. The fraction of sp³-hybridized carbons (Fsp3) is 0.296. The summed E-state index contributed by atoms with van der Waals surface area (Å²) >= 11 is 0. The second kappa shape index (κ2) is 21.9. The fourth-order valence-corrected chi connectivity index (χ4v) is 8.10. The number of esters is 2. The molecule has 0 bridgehead atoms. The minimum absolute atomic E-state index is 0.157. The van der Waals surface area contributed by atoms with E-state index in [0.717, 1.165) is 75.6 Å². The van der Waals surface area contributed by atoms with E-state index in [2.05, 4.69) is 0 Å². The lowest BCUT2D eigenvalue weighted by Gasteiger charge is -2.21. The van der Waals surface area contributed by atoms with Gasteiger partial charge in [0.2, 0.25) is 0 Å². The van der Waals surface area contributed by atoms with Gasteiger partial charge in [0.25, 0.3) is 0 Å². The minimum atomic E-state index is -1.20. The van der Waals surface area contributed by atoms with Crippen LogP contribution in [0, 0.1) is 11.6 Å². The highest BCUT2D eigenvalue weighted by molar-refractivity contribution is 6.11. The Morgan fingerprint density at radius 2 is 1.07 bits per heavy atom. The Morgan fingerprint density at radius 1 is 0.612 bits per heavy atom. The predicted molar refractivity (Wildman–Crippen MR) is 249 cm³/mol. The van der Waals surface area contributed by atoms with Gasteiger partial charge in [-0.25, -0.2) is 8.78 Å². The zero-order chi connectivity index (χ0) is 47.6. The largest absolute Gasteiger partial charge is 0.466 e. The van der Waals surface area contributed by atoms with E-state index in [1.165, 1.54) is 30.3 Å². The number of aliphatic hydroxyl groups is 1. The highest BCUT2D eigenvalue weighted by atomic mass is 19.1. The molecule has 13 heteroatoms. The molecule has 67 heavy (non-hydrogen) atoms. The van der Waals surface area contributed by atoms with E-state index in [1.54, 1.807) is 44.2 Å². The average molecular weight is 909 g/mol. The molecule has 0 saturated heterocycles. The number of ether oxygens (including phenoxy) is 2. The SMILES string of the molecule is CCOC(=O)CC(=O)CC(=O)/C=C/c1c(C2CC2)nc2ccccc2c1-c1ccc(F)cc1.CCOC(=O)CC(=O)CC(=O)CC(O)c1c(C2CC2)nc2ccccc2c1-c1ccc(F)cc1. The van der Waals surface area contributed by atoms with Crippen LogP contribution in [-0.2, 0) is 38.2 Å². The molecule has 0 aliphatic heterocycles. The lowest BCUT2D eigenvalue weighted by Crippen LogP contribution is -2.17. The number of rotatable bonds is 19. The number of carbonyl (C=O) groups is 6. The van der Waals surface area contributed by atoms with Gasteiger partial charge < -0.3 is 14.6 Å². The molecule has 11 nitrogen and oxygen atoms in total. The smallest absolute Gasteiger partial charge is 0.313 e. The van der Waals surface area contributed by atoms with Crippen molar-refractivity contribution in [3.05, 3.63) is 137 Å². The Hall–Kier alpha value is -7.12. The molecule has 2 fully saturated rings. The van der Waals surface area contributed by atoms with E-state index in [9.17, 15) is 42.7 Å². The van der Waals surface area contributed by atoms with Crippen molar-refractivity contribution in [2.75, 3.05) is 13.2 Å². The Kier molecular flexibility index (Phi) is 15.6. The van der Waals surface area contributed by atoms with Gasteiger partial charge in [0.05, 0.1) is 54.6 Å². The van der Waals surface area contributed by atoms with Crippen LogP contribution < -0.4 is 0 Å². The molecular formula is C54H50F2N2O9. The number of hydrogen-bond acceptors (Lipinski definition) is 11. The number of allylic oxidation sites excluding steroid dienone is 1. The molecule has 2 aliphatic rings. The quantitative estimate of drug-likeness (QED) is 0.0467. The molecule has 2 aliphatic carbocycles. The molecule has 344 valence electrons. The summed E-state index contributed by atoms with van der Waals surface area (Å²) in [5, 5.41) is 12.9. The van der Waals surface area contributed by atoms with Crippen LogP contribution in [0.1, 0.15) is 112 Å². The van der Waals surface area contributed by atoms with Crippen LogP contribution >= 0.6 is 0 Å². The maximum atomic E-state index is 13.7. The van der Waals surface area contributed by atoms with Crippen LogP contribution in [0.4, 0.5) is 8.78 Å². The number of aromatic nitrogens is 2. The number of benzene rings is 4. The number of aliphatic hydroxyl groups excluding tert-OH is 1. The molecule has 2 heterocycles. The molecule has 4 aromatic carbocycles. The summed E-state index contributed by atoms with van der Waals surface area (Å²) in [6, 6.07) is 27.5. The van der Waals surface area contributed by atoms with Gasteiger partial charge in [-0.15, -0.1) is 0 Å². The second-order valence-electron chi connectivity index (χ2n) is 16.6. The summed E-state index contributed by atoms with van der Waals surface area (Å²) in [5.74, 6) is -3.43. The summed E-state index contributed by atoms with van der Waals surface area (Å²) < 4.78 is 36.8. The highest BCUT2D eigenvalue weighted by Gasteiger charge is 2.34. The minimum Gasteiger partial charge on any atom is -0.466 e. The Bertz CT molecular complexity index is 2870. The number of para-hydroxylation sites is 2. The standard InChI is InChI=1S/C27H26FNO5.C27H24FNO4/c1-2-34-24(33)15-20(31)13-19(30)14-23(32)26-25(16-9-11-18(28)12-10-16)21-5-3-4-6-22(21)29-27(26)17-7-8-17;1-2-33-25(32)16-21(31)15-20(30)13-14-23-26(17-9-11-19(28)12-10-17)22-5-3-4-6-24(22)29-27(23)18-7-8-18/h3-6,9-12,17,23,32H,2,7-8,13-15H2,1H3;3-6,9-14,18H,2,7-8,15-16H2,1H3/b;14-13+. The summed E-state index contributed by atoms with van der Waals surface area (Å²) in [4.78, 5) is 81.9. The molecule has 2 aromatic heterocycles. The molecule has 0 spiro atoms. The third-order valence-electron chi connectivity index (χ3n) is 11.4. The molecule has 1 N–H and O–H groups in total. The first-order valence-electron chi connectivity index (χ1n) is 22.5. The fourth-order valence-electron chi connectivity index (χ4n) is 8.10. The van der Waals surface area contributed by atoms with E-state index in [1.807, 2.05) is 48.5 Å². The predicted octanol–water partition coefficient (Wildman–Crippen LogP) is 10.2. The zero-order valence-corrected chi connectivity index (χ0v) is 37.3. The van der Waals surface area contributed by atoms with Crippen LogP contribution in [0.15, 0.2) is 103 Å². The molecule has 6 aromatic rings. The van der Waals surface area contributed by atoms with Gasteiger partial charge in [-0.05, 0) is 105 Å². The number of Topliss-reactive ketones (excluding diaryl/α,β-unsaturated/α-hetero) is 3. The topological polar surface area (TPSA) is 167 Å². The van der Waals surface area contributed by atoms with Crippen molar-refractivity contribution < 1.29 is 52.1 Å². The van der Waals surface area contributed by atoms with Crippen molar-refractivity contribution in [2.45, 2.75) is 89.6 Å². The van der Waals surface area contributed by atoms with Crippen molar-refractivity contribution >= 4 is 63.0 Å². The maximum absolute atomic E-state index is 13.7. The number of carbonyl (C=O) groups excluding carboxylic acids is 6. The molecular weight excluding hydrogens is 859 g/mol. The van der Waals surface area contributed by atoms with Crippen LogP contribution in [0.3, 0.4) is 0 Å². The van der Waals surface area contributed by atoms with Gasteiger partial charge in [-0.3, -0.25) is 38.7 Å². The Morgan fingerprint density at radius 3 is 1.60 bits per heavy atom. The average Bonchev–Trinajstić information content (AvgIpc) is 4.24. The van der Waals surface area contributed by atoms with Gasteiger partial charge >= 0.3 is 11.9 Å². The molecule has 0 amide bonds. The lowest BCUT2D eigenvalue weighted by molar-refractivity contribution is -0.147. The maximum Gasteiger partial charge on any atom is 0.313 e. The number of nitrogens with zero attached hydrogens (tertiary/aromatic N) is 2. The van der Waals surface area contributed by atoms with Gasteiger partial charge in [-0.1, -0.05) is 60.7 Å². The van der Waals surface area contributed by atoms with E-state index in [4.69, 9.17) is 19.4 Å². The number of fused-ring (bicyclic) bond motifs is 2. The first-order chi connectivity index (χ1) is 32.3. The van der Waals surface area contributed by atoms with Gasteiger partial charge in [0.15, 0.2) is 17.3 Å². The van der Waals surface area contributed by atoms with Crippen LogP contribution in [0.2, 0.25) is 0 Å². The molecule has 2 saturated carbocycles. The highest BCUT2D eigenvalue weighted by Crippen LogP contribution is 2.48. The summed E-state index contributed by atoms with van der Waals surface area (Å²) in [5.41, 5.74) is 7.70. The third-order valence-corrected chi connectivity index (χ3v) is 11.4. The summed E-state index contributed by atoms with van der Waals surface area (Å²) in [6.07, 6.45) is 3.75. The number of hydrogen-bond donors (Lipinski definition) is 1. The van der Waals surface area contributed by atoms with Crippen LogP contribution in [0.5, 0.6) is 0 Å². The first-order valence-corrected chi connectivity index (χ1v) is 22.5. The van der Waals surface area contributed by atoms with Gasteiger partial charge in [0.1, 0.15) is 30.3 Å². The first kappa shape index (κ1) is 47.8. The molecule has 0 radical (unpaired) electrons. The van der Waals surface area contributed by atoms with Crippen molar-refractivity contribution in [3.8, 4) is 22.3 Å². The van der Waals surface area contributed by atoms with E-state index < -0.39 is 60.4 Å². The van der Waals surface area contributed by atoms with Crippen molar-refractivity contribution in [2.24, 2.45) is 0 Å². The van der Waals surface area contributed by atoms with Gasteiger partial charge in [0, 0.05) is 45.7 Å². The van der Waals surface area contributed by atoms with Crippen molar-refractivity contribution in [1.29, 1.82) is 0 Å². The van der Waals surface area contributed by atoms with Crippen molar-refractivity contribution in [1.82, 2.24) is 9.97 Å². The van der Waals surface area contributed by atoms with Crippen LogP contribution in [0.25, 0.3) is 50.1 Å². The molecule has 8 rings (SSSR count). The normalized spacial score (nSPS) is 13.7. The van der Waals surface area contributed by atoms with Crippen LogP contribution in [-0.4, -0.2) is 63.4 Å². The zero-order valence-electron chi connectivity index (χ0n) is 37.3. The lowest BCUT2D eigenvalue weighted by atomic mass is 9.88. The second-order valence-corrected chi connectivity index (χ2v) is 16.6. The monoisotopic (exact) mass is 908 g/mol. The molecule has 1 atom stereocenters. The third kappa shape index (κ3) is 12.4. The van der Waals surface area contributed by atoms with E-state index >= 15 is 0 Å². The Labute approximate surface area is 386 Å². The Balaban J connectivity index is 0.000000199.